The highest BCUT2D eigenvalue weighted by Gasteiger charge is 2.25. The van der Waals surface area contributed by atoms with E-state index < -0.39 is 0 Å². The van der Waals surface area contributed by atoms with Crippen LogP contribution in [0.5, 0.6) is 0 Å². The van der Waals surface area contributed by atoms with Gasteiger partial charge >= 0.3 is 6.03 Å². The van der Waals surface area contributed by atoms with Crippen LogP contribution in [0.25, 0.3) is 0 Å². The molecule has 0 aromatic rings. The highest BCUT2D eigenvalue weighted by atomic mass is 16.3. The molecule has 1 aliphatic rings. The average Bonchev–Trinajstić information content (AvgIpc) is 2.36. The molecule has 0 aliphatic carbocycles. The predicted octanol–water partition coefficient (Wildman–Crippen LogP) is 1.13. The molecule has 0 bridgehead atoms. The number of aliphatic hydroxyl groups excluding tert-OH is 1. The van der Waals surface area contributed by atoms with E-state index in [1.54, 1.807) is 19.0 Å². The molecule has 0 aromatic carbocycles. The molecule has 2 amide bonds. The van der Waals surface area contributed by atoms with Gasteiger partial charge in [0.25, 0.3) is 0 Å². The molecule has 0 saturated carbocycles. The summed E-state index contributed by atoms with van der Waals surface area (Å²) in [5.41, 5.74) is 0.130. The van der Waals surface area contributed by atoms with Crippen molar-refractivity contribution in [2.24, 2.45) is 5.41 Å². The van der Waals surface area contributed by atoms with Gasteiger partial charge in [-0.3, -0.25) is 0 Å². The number of rotatable bonds is 5. The summed E-state index contributed by atoms with van der Waals surface area (Å²) in [7, 11) is 3.59. The highest BCUT2D eigenvalue weighted by molar-refractivity contribution is 5.73. The molecular formula is C14H29N3O2. The lowest BCUT2D eigenvalue weighted by Gasteiger charge is -2.35. The SMILES string of the molecule is CN(C)C(=O)N1CCC(NCC(C)(C)CCO)CC1. The van der Waals surface area contributed by atoms with E-state index in [0.717, 1.165) is 38.9 Å². The highest BCUT2D eigenvalue weighted by Crippen LogP contribution is 2.20. The number of carbonyl (C=O) groups excluding carboxylic acids is 1. The Morgan fingerprint density at radius 3 is 2.42 bits per heavy atom. The van der Waals surface area contributed by atoms with Gasteiger partial charge in [0, 0.05) is 46.4 Å². The fourth-order valence-corrected chi connectivity index (χ4v) is 2.37. The van der Waals surface area contributed by atoms with Crippen LogP contribution in [0.2, 0.25) is 0 Å². The minimum Gasteiger partial charge on any atom is -0.396 e. The fraction of sp³-hybridized carbons (Fsp3) is 0.929. The predicted molar refractivity (Wildman–Crippen MR) is 77.2 cm³/mol. The first-order valence-corrected chi connectivity index (χ1v) is 7.16. The summed E-state index contributed by atoms with van der Waals surface area (Å²) in [6.07, 6.45) is 2.83. The zero-order chi connectivity index (χ0) is 14.5. The van der Waals surface area contributed by atoms with Crippen molar-refractivity contribution < 1.29 is 9.90 Å². The standard InChI is InChI=1S/C14H29N3O2/c1-14(2,7-10-18)11-15-12-5-8-17(9-6-12)13(19)16(3)4/h12,15,18H,5-11H2,1-4H3. The summed E-state index contributed by atoms with van der Waals surface area (Å²) in [6, 6.07) is 0.600. The Balaban J connectivity index is 2.29. The smallest absolute Gasteiger partial charge is 0.319 e. The molecule has 1 saturated heterocycles. The Kier molecular flexibility index (Phi) is 6.07. The lowest BCUT2D eigenvalue weighted by molar-refractivity contribution is 0.147. The second kappa shape index (κ2) is 7.10. The molecule has 0 atom stereocenters. The summed E-state index contributed by atoms with van der Waals surface area (Å²) >= 11 is 0. The number of aliphatic hydroxyl groups is 1. The van der Waals surface area contributed by atoms with E-state index in [9.17, 15) is 4.79 Å². The fourth-order valence-electron chi connectivity index (χ4n) is 2.37. The minimum absolute atomic E-state index is 0.110. The largest absolute Gasteiger partial charge is 0.396 e. The first-order chi connectivity index (χ1) is 8.85. The minimum atomic E-state index is 0.110. The number of nitrogens with one attached hydrogen (secondary N) is 1. The quantitative estimate of drug-likeness (QED) is 0.788. The number of amides is 2. The molecule has 5 nitrogen and oxygen atoms in total. The molecule has 1 rings (SSSR count). The summed E-state index contributed by atoms with van der Waals surface area (Å²) < 4.78 is 0. The van der Waals surface area contributed by atoms with E-state index in [1.807, 2.05) is 4.90 Å². The van der Waals surface area contributed by atoms with Gasteiger partial charge in [0.15, 0.2) is 0 Å². The Morgan fingerprint density at radius 2 is 1.95 bits per heavy atom. The monoisotopic (exact) mass is 271 g/mol. The molecule has 1 fully saturated rings. The Morgan fingerprint density at radius 1 is 1.37 bits per heavy atom. The molecule has 1 heterocycles. The van der Waals surface area contributed by atoms with Crippen LogP contribution in [-0.2, 0) is 0 Å². The van der Waals surface area contributed by atoms with E-state index in [2.05, 4.69) is 19.2 Å². The third kappa shape index (κ3) is 5.37. The van der Waals surface area contributed by atoms with E-state index in [4.69, 9.17) is 5.11 Å². The first kappa shape index (κ1) is 16.2. The van der Waals surface area contributed by atoms with Crippen LogP contribution in [0.1, 0.15) is 33.1 Å². The lowest BCUT2D eigenvalue weighted by atomic mass is 9.89. The van der Waals surface area contributed by atoms with Crippen molar-refractivity contribution in [3.05, 3.63) is 0 Å². The van der Waals surface area contributed by atoms with Gasteiger partial charge in [-0.25, -0.2) is 4.79 Å². The number of hydrogen-bond acceptors (Lipinski definition) is 3. The van der Waals surface area contributed by atoms with Crippen molar-refractivity contribution in [1.82, 2.24) is 15.1 Å². The van der Waals surface area contributed by atoms with Crippen LogP contribution in [-0.4, -0.2) is 67.3 Å². The molecule has 112 valence electrons. The van der Waals surface area contributed by atoms with Crippen molar-refractivity contribution in [1.29, 1.82) is 0 Å². The van der Waals surface area contributed by atoms with Crippen molar-refractivity contribution in [3.63, 3.8) is 0 Å². The molecule has 0 unspecified atom stereocenters. The van der Waals surface area contributed by atoms with Crippen LogP contribution in [0.15, 0.2) is 0 Å². The number of likely N-dealkylation sites (tertiary alicyclic amines) is 1. The molecule has 2 N–H and O–H groups in total. The van der Waals surface area contributed by atoms with Gasteiger partial charge in [-0.1, -0.05) is 13.8 Å². The third-order valence-electron chi connectivity index (χ3n) is 3.81. The topological polar surface area (TPSA) is 55.8 Å². The molecule has 0 aromatic heterocycles. The number of piperidine rings is 1. The maximum Gasteiger partial charge on any atom is 0.319 e. The molecular weight excluding hydrogens is 242 g/mol. The summed E-state index contributed by atoms with van der Waals surface area (Å²) in [6.45, 7) is 7.15. The molecule has 0 radical (unpaired) electrons. The molecule has 0 spiro atoms. The van der Waals surface area contributed by atoms with E-state index in [1.165, 1.54) is 0 Å². The van der Waals surface area contributed by atoms with Gasteiger partial charge in [-0.15, -0.1) is 0 Å². The van der Waals surface area contributed by atoms with Crippen molar-refractivity contribution >= 4 is 6.03 Å². The zero-order valence-electron chi connectivity index (χ0n) is 12.8. The summed E-state index contributed by atoms with van der Waals surface area (Å²) in [5.74, 6) is 0. The average molecular weight is 271 g/mol. The van der Waals surface area contributed by atoms with Crippen LogP contribution >= 0.6 is 0 Å². The Bertz CT molecular complexity index is 284. The molecule has 1 aliphatic heterocycles. The van der Waals surface area contributed by atoms with Gasteiger partial charge in [0.05, 0.1) is 0 Å². The maximum atomic E-state index is 11.8. The van der Waals surface area contributed by atoms with Crippen LogP contribution in [0.4, 0.5) is 4.79 Å². The second-order valence-corrected chi connectivity index (χ2v) is 6.46. The van der Waals surface area contributed by atoms with Gasteiger partial charge in [-0.05, 0) is 24.7 Å². The Hall–Kier alpha value is -0.810. The number of nitrogens with zero attached hydrogens (tertiary/aromatic N) is 2. The molecule has 5 heteroatoms. The van der Waals surface area contributed by atoms with E-state index in [0.29, 0.717) is 6.04 Å². The zero-order valence-corrected chi connectivity index (χ0v) is 12.8. The van der Waals surface area contributed by atoms with Gasteiger partial charge in [0.2, 0.25) is 0 Å². The second-order valence-electron chi connectivity index (χ2n) is 6.46. The van der Waals surface area contributed by atoms with E-state index in [-0.39, 0.29) is 18.1 Å². The van der Waals surface area contributed by atoms with Crippen LogP contribution in [0, 0.1) is 5.41 Å². The van der Waals surface area contributed by atoms with Crippen LogP contribution < -0.4 is 5.32 Å². The lowest BCUT2D eigenvalue weighted by Crippen LogP contribution is -2.49. The van der Waals surface area contributed by atoms with Gasteiger partial charge in [-0.2, -0.15) is 0 Å². The normalized spacial score (nSPS) is 17.6. The third-order valence-corrected chi connectivity index (χ3v) is 3.81. The number of carbonyl (C=O) groups is 1. The van der Waals surface area contributed by atoms with E-state index >= 15 is 0 Å². The van der Waals surface area contributed by atoms with Gasteiger partial charge in [0.1, 0.15) is 0 Å². The Labute approximate surface area is 117 Å². The van der Waals surface area contributed by atoms with Crippen molar-refractivity contribution in [2.75, 3.05) is 40.3 Å². The first-order valence-electron chi connectivity index (χ1n) is 7.16. The van der Waals surface area contributed by atoms with Crippen LogP contribution in [0.3, 0.4) is 0 Å². The van der Waals surface area contributed by atoms with Crippen molar-refractivity contribution in [2.45, 2.75) is 39.2 Å². The summed E-state index contributed by atoms with van der Waals surface area (Å²) in [4.78, 5) is 15.4. The van der Waals surface area contributed by atoms with Crippen molar-refractivity contribution in [3.8, 4) is 0 Å². The maximum absolute atomic E-state index is 11.8. The number of urea groups is 1. The molecule has 19 heavy (non-hydrogen) atoms. The number of hydrogen-bond donors (Lipinski definition) is 2. The summed E-state index contributed by atoms with van der Waals surface area (Å²) in [5, 5.41) is 12.6. The van der Waals surface area contributed by atoms with Gasteiger partial charge < -0.3 is 20.2 Å².